The molecule has 3 N–H and O–H groups in total. The molecule has 0 fully saturated rings. The van der Waals surface area contributed by atoms with Crippen LogP contribution in [0.15, 0.2) is 21.1 Å². The van der Waals surface area contributed by atoms with Gasteiger partial charge in [0.25, 0.3) is 5.91 Å². The van der Waals surface area contributed by atoms with Crippen molar-refractivity contribution in [2.45, 2.75) is 19.6 Å². The number of hydrogen-bond acceptors (Lipinski definition) is 4. The summed E-state index contributed by atoms with van der Waals surface area (Å²) in [4.78, 5) is 22.9. The van der Waals surface area contributed by atoms with Gasteiger partial charge in [0.05, 0.1) is 8.95 Å². The van der Waals surface area contributed by atoms with Crippen LogP contribution in [0.25, 0.3) is 0 Å². The number of ether oxygens (including phenoxy) is 1. The number of hydrogen-bond donors (Lipinski definition) is 3. The summed E-state index contributed by atoms with van der Waals surface area (Å²) in [6.07, 6.45) is -0.815. The van der Waals surface area contributed by atoms with Crippen molar-refractivity contribution in [3.05, 3.63) is 26.6 Å². The molecular weight excluding hydrogens is 406 g/mol. The summed E-state index contributed by atoms with van der Waals surface area (Å²) in [5.41, 5.74) is 1.06. The number of benzene rings is 1. The van der Waals surface area contributed by atoms with E-state index in [9.17, 15) is 9.59 Å². The molecule has 1 rings (SSSR count). The molecule has 8 heteroatoms. The Morgan fingerprint density at radius 1 is 1.24 bits per heavy atom. The highest BCUT2D eigenvalue weighted by Gasteiger charge is 2.19. The molecule has 1 unspecified atom stereocenters. The first kappa shape index (κ1) is 17.9. The number of urea groups is 1. The van der Waals surface area contributed by atoms with Crippen LogP contribution >= 0.6 is 31.9 Å². The van der Waals surface area contributed by atoms with Crippen LogP contribution in [0.4, 0.5) is 4.79 Å². The van der Waals surface area contributed by atoms with E-state index in [-0.39, 0.29) is 0 Å². The van der Waals surface area contributed by atoms with Gasteiger partial charge in [0.2, 0.25) is 0 Å². The number of imide groups is 1. The number of carbonyl (C=O) groups excluding carboxylic acids is 2. The summed E-state index contributed by atoms with van der Waals surface area (Å²) in [6, 6.07) is 3.23. The van der Waals surface area contributed by atoms with Gasteiger partial charge in [-0.25, -0.2) is 4.79 Å². The summed E-state index contributed by atoms with van der Waals surface area (Å²) >= 11 is 6.83. The van der Waals surface area contributed by atoms with Gasteiger partial charge in [0.15, 0.2) is 6.10 Å². The minimum Gasteiger partial charge on any atom is -0.479 e. The zero-order valence-corrected chi connectivity index (χ0v) is 15.1. The molecule has 1 atom stereocenters. The molecule has 0 saturated carbocycles. The predicted molar refractivity (Wildman–Crippen MR) is 87.3 cm³/mol. The van der Waals surface area contributed by atoms with Crippen molar-refractivity contribution >= 4 is 43.8 Å². The summed E-state index contributed by atoms with van der Waals surface area (Å²) < 4.78 is 7.06. The maximum atomic E-state index is 11.8. The Hall–Kier alpha value is -1.12. The van der Waals surface area contributed by atoms with Gasteiger partial charge in [-0.15, -0.1) is 0 Å². The van der Waals surface area contributed by atoms with Crippen molar-refractivity contribution in [2.24, 2.45) is 0 Å². The van der Waals surface area contributed by atoms with E-state index in [1.807, 2.05) is 19.2 Å². The van der Waals surface area contributed by atoms with E-state index in [0.717, 1.165) is 14.5 Å². The van der Waals surface area contributed by atoms with Crippen LogP contribution in [0.2, 0.25) is 0 Å². The summed E-state index contributed by atoms with van der Waals surface area (Å²) in [6.45, 7) is 2.28. The van der Waals surface area contributed by atoms with Crippen molar-refractivity contribution in [1.29, 1.82) is 0 Å². The Bertz CT molecular complexity index is 514. The van der Waals surface area contributed by atoms with Crippen LogP contribution in [-0.4, -0.2) is 32.1 Å². The lowest BCUT2D eigenvalue weighted by molar-refractivity contribution is -0.126. The molecule has 0 heterocycles. The largest absolute Gasteiger partial charge is 0.479 e. The Balaban J connectivity index is 2.83. The monoisotopic (exact) mass is 421 g/mol. The van der Waals surface area contributed by atoms with E-state index in [1.165, 1.54) is 7.05 Å². The van der Waals surface area contributed by atoms with E-state index in [2.05, 4.69) is 47.8 Å². The van der Waals surface area contributed by atoms with Crippen LogP contribution in [0, 0.1) is 0 Å². The molecule has 0 aliphatic heterocycles. The molecule has 1 aromatic rings. The highest BCUT2D eigenvalue weighted by atomic mass is 79.9. The van der Waals surface area contributed by atoms with Gasteiger partial charge in [0, 0.05) is 13.6 Å². The average molecular weight is 423 g/mol. The smallest absolute Gasteiger partial charge is 0.321 e. The first-order valence-corrected chi connectivity index (χ1v) is 7.79. The minimum absolute atomic E-state index is 0.509. The third-order valence-electron chi connectivity index (χ3n) is 2.57. The van der Waals surface area contributed by atoms with Gasteiger partial charge in [-0.1, -0.05) is 0 Å². The summed E-state index contributed by atoms with van der Waals surface area (Å²) in [7, 11) is 3.29. The van der Waals surface area contributed by atoms with Crippen LogP contribution in [0.1, 0.15) is 12.5 Å². The Kier molecular flexibility index (Phi) is 7.13. The van der Waals surface area contributed by atoms with E-state index in [0.29, 0.717) is 12.3 Å². The molecule has 6 nitrogen and oxygen atoms in total. The molecule has 1 aromatic carbocycles. The topological polar surface area (TPSA) is 79.5 Å². The van der Waals surface area contributed by atoms with E-state index in [1.54, 1.807) is 6.92 Å². The number of halogens is 2. The quantitative estimate of drug-likeness (QED) is 0.679. The van der Waals surface area contributed by atoms with E-state index in [4.69, 9.17) is 4.74 Å². The van der Waals surface area contributed by atoms with Crippen LogP contribution in [0.5, 0.6) is 5.75 Å². The molecule has 21 heavy (non-hydrogen) atoms. The number of carbonyl (C=O) groups is 2. The molecule has 0 aromatic heterocycles. The van der Waals surface area contributed by atoms with Crippen molar-refractivity contribution in [3.63, 3.8) is 0 Å². The zero-order valence-electron chi connectivity index (χ0n) is 11.9. The average Bonchev–Trinajstić information content (AvgIpc) is 2.42. The zero-order chi connectivity index (χ0) is 16.0. The van der Waals surface area contributed by atoms with Gasteiger partial charge in [0.1, 0.15) is 5.75 Å². The third-order valence-corrected chi connectivity index (χ3v) is 3.74. The molecular formula is C13H17Br2N3O3. The second-order valence-electron chi connectivity index (χ2n) is 4.25. The summed E-state index contributed by atoms with van der Waals surface area (Å²) in [5, 5.41) is 7.53. The fourth-order valence-electron chi connectivity index (χ4n) is 1.54. The van der Waals surface area contributed by atoms with Gasteiger partial charge in [-0.05, 0) is 63.5 Å². The minimum atomic E-state index is -0.815. The predicted octanol–water partition coefficient (Wildman–Crippen LogP) is 2.15. The molecule has 0 spiro atoms. The molecule has 0 bridgehead atoms. The van der Waals surface area contributed by atoms with E-state index < -0.39 is 18.0 Å². The molecule has 0 radical (unpaired) electrons. The summed E-state index contributed by atoms with van der Waals surface area (Å²) in [5.74, 6) is -0.0122. The molecule has 116 valence electrons. The standard InChI is InChI=1S/C13H17Br2N3O3/c1-7(12(19)18-13(20)17-3)21-11-9(14)4-8(6-16-2)5-10(11)15/h4-5,7,16H,6H2,1-3H3,(H2,17,18,19,20). The molecule has 3 amide bonds. The lowest BCUT2D eigenvalue weighted by Crippen LogP contribution is -2.44. The number of amides is 3. The van der Waals surface area contributed by atoms with Crippen LogP contribution in [0.3, 0.4) is 0 Å². The van der Waals surface area contributed by atoms with Crippen molar-refractivity contribution in [3.8, 4) is 5.75 Å². The highest BCUT2D eigenvalue weighted by Crippen LogP contribution is 2.35. The Morgan fingerprint density at radius 2 is 1.81 bits per heavy atom. The lowest BCUT2D eigenvalue weighted by atomic mass is 10.2. The number of rotatable bonds is 5. The van der Waals surface area contributed by atoms with Crippen LogP contribution < -0.4 is 20.7 Å². The second-order valence-corrected chi connectivity index (χ2v) is 5.96. The van der Waals surface area contributed by atoms with E-state index >= 15 is 0 Å². The second kappa shape index (κ2) is 8.35. The first-order valence-electron chi connectivity index (χ1n) is 6.20. The first-order chi connectivity index (χ1) is 9.88. The Morgan fingerprint density at radius 3 is 2.29 bits per heavy atom. The van der Waals surface area contributed by atoms with Gasteiger partial charge in [-0.2, -0.15) is 0 Å². The maximum absolute atomic E-state index is 11.8. The molecule has 0 aliphatic carbocycles. The number of nitrogens with one attached hydrogen (secondary N) is 3. The van der Waals surface area contributed by atoms with Crippen molar-refractivity contribution in [1.82, 2.24) is 16.0 Å². The highest BCUT2D eigenvalue weighted by molar-refractivity contribution is 9.11. The van der Waals surface area contributed by atoms with Crippen molar-refractivity contribution in [2.75, 3.05) is 14.1 Å². The van der Waals surface area contributed by atoms with Crippen molar-refractivity contribution < 1.29 is 14.3 Å². The SMILES string of the molecule is CNCc1cc(Br)c(OC(C)C(=O)NC(=O)NC)c(Br)c1. The fourth-order valence-corrected chi connectivity index (χ4v) is 3.01. The third kappa shape index (κ3) is 5.29. The van der Waals surface area contributed by atoms with Gasteiger partial charge < -0.3 is 15.4 Å². The fraction of sp³-hybridized carbons (Fsp3) is 0.385. The maximum Gasteiger partial charge on any atom is 0.321 e. The van der Waals surface area contributed by atoms with Gasteiger partial charge in [-0.3, -0.25) is 10.1 Å². The molecule has 0 saturated heterocycles. The normalized spacial score (nSPS) is 11.7. The lowest BCUT2D eigenvalue weighted by Gasteiger charge is -2.17. The van der Waals surface area contributed by atoms with Gasteiger partial charge >= 0.3 is 6.03 Å². The van der Waals surface area contributed by atoms with Crippen LogP contribution in [-0.2, 0) is 11.3 Å². The molecule has 0 aliphatic rings. The Labute approximate surface area is 140 Å².